The van der Waals surface area contributed by atoms with Crippen molar-refractivity contribution in [2.45, 2.75) is 0 Å². The number of hydrogen-bond donors (Lipinski definition) is 2. The van der Waals surface area contributed by atoms with E-state index >= 15 is 0 Å². The minimum Gasteiger partial charge on any atom is -0.333 e. The quantitative estimate of drug-likeness (QED) is 0.495. The summed E-state index contributed by atoms with van der Waals surface area (Å²) in [5, 5.41) is 17.9. The molecule has 25 heavy (non-hydrogen) atoms. The van der Waals surface area contributed by atoms with Crippen molar-refractivity contribution in [1.82, 2.24) is 15.0 Å². The fraction of sp³-hybridized carbons (Fsp3) is 0. The molecule has 0 saturated heterocycles. The van der Waals surface area contributed by atoms with E-state index in [1.54, 1.807) is 42.6 Å². The van der Waals surface area contributed by atoms with Gasteiger partial charge in [-0.2, -0.15) is 0 Å². The van der Waals surface area contributed by atoms with Crippen LogP contribution in [0.3, 0.4) is 0 Å². The maximum Gasteiger partial charge on any atom is 0.353 e. The Morgan fingerprint density at radius 3 is 2.44 bits per heavy atom. The highest BCUT2D eigenvalue weighted by atomic mass is 35.5. The van der Waals surface area contributed by atoms with Gasteiger partial charge in [-0.15, -0.1) is 0 Å². The highest BCUT2D eigenvalue weighted by Crippen LogP contribution is 2.35. The minimum atomic E-state index is -0.591. The SMILES string of the molecule is O=[N+]([O-])c1c(Nc2ccccn2)ncnc1Nc1cc(Cl)ccc1Cl. The zero-order valence-electron chi connectivity index (χ0n) is 12.5. The summed E-state index contributed by atoms with van der Waals surface area (Å²) in [5.41, 5.74) is 0.0453. The van der Waals surface area contributed by atoms with Crippen LogP contribution in [0.25, 0.3) is 0 Å². The standard InChI is InChI=1S/C15H10Cl2N6O2/c16-9-4-5-10(17)11(7-9)21-14-13(23(24)25)15(20-8-19-14)22-12-3-1-2-6-18-12/h1-8H,(H2,18,19,20,21,22). The second-order valence-electron chi connectivity index (χ2n) is 4.77. The molecule has 2 heterocycles. The molecule has 2 aromatic heterocycles. The Kier molecular flexibility index (Phi) is 4.92. The summed E-state index contributed by atoms with van der Waals surface area (Å²) in [4.78, 5) is 22.9. The van der Waals surface area contributed by atoms with E-state index in [2.05, 4.69) is 25.6 Å². The summed E-state index contributed by atoms with van der Waals surface area (Å²) in [6.07, 6.45) is 2.75. The van der Waals surface area contributed by atoms with Crippen molar-refractivity contribution in [1.29, 1.82) is 0 Å². The molecule has 0 saturated carbocycles. The number of nitrogens with zero attached hydrogens (tertiary/aromatic N) is 4. The van der Waals surface area contributed by atoms with Gasteiger partial charge in [0.25, 0.3) is 0 Å². The van der Waals surface area contributed by atoms with E-state index in [4.69, 9.17) is 23.2 Å². The molecule has 0 aliphatic rings. The van der Waals surface area contributed by atoms with E-state index in [-0.39, 0.29) is 17.3 Å². The van der Waals surface area contributed by atoms with Crippen LogP contribution in [-0.4, -0.2) is 19.9 Å². The summed E-state index contributed by atoms with van der Waals surface area (Å²) in [7, 11) is 0. The highest BCUT2D eigenvalue weighted by molar-refractivity contribution is 6.35. The molecule has 0 aliphatic carbocycles. The molecule has 126 valence electrons. The molecule has 1 aromatic carbocycles. The maximum atomic E-state index is 11.5. The number of benzene rings is 1. The van der Waals surface area contributed by atoms with Crippen LogP contribution in [0, 0.1) is 10.1 Å². The first kappa shape index (κ1) is 16.9. The van der Waals surface area contributed by atoms with Crippen molar-refractivity contribution in [3.05, 3.63) is 69.1 Å². The van der Waals surface area contributed by atoms with Gasteiger partial charge in [-0.3, -0.25) is 10.1 Å². The highest BCUT2D eigenvalue weighted by Gasteiger charge is 2.24. The van der Waals surface area contributed by atoms with Gasteiger partial charge in [0.05, 0.1) is 15.6 Å². The molecule has 0 bridgehead atoms. The van der Waals surface area contributed by atoms with Crippen molar-refractivity contribution in [2.75, 3.05) is 10.6 Å². The molecule has 0 aliphatic heterocycles. The van der Waals surface area contributed by atoms with Gasteiger partial charge in [-0.25, -0.2) is 15.0 Å². The normalized spacial score (nSPS) is 10.3. The number of pyridine rings is 1. The molecular formula is C15H10Cl2N6O2. The monoisotopic (exact) mass is 376 g/mol. The summed E-state index contributed by atoms with van der Waals surface area (Å²) in [6.45, 7) is 0. The molecule has 0 spiro atoms. The predicted molar refractivity (Wildman–Crippen MR) is 96.0 cm³/mol. The van der Waals surface area contributed by atoms with E-state index in [1.807, 2.05) is 0 Å². The van der Waals surface area contributed by atoms with Gasteiger partial charge in [0.1, 0.15) is 12.1 Å². The molecule has 0 fully saturated rings. The van der Waals surface area contributed by atoms with Gasteiger partial charge >= 0.3 is 5.69 Å². The fourth-order valence-corrected chi connectivity index (χ4v) is 2.35. The molecule has 8 nitrogen and oxygen atoms in total. The van der Waals surface area contributed by atoms with E-state index in [0.717, 1.165) is 0 Å². The smallest absolute Gasteiger partial charge is 0.333 e. The average Bonchev–Trinajstić information content (AvgIpc) is 2.59. The van der Waals surface area contributed by atoms with Crippen LogP contribution < -0.4 is 10.6 Å². The lowest BCUT2D eigenvalue weighted by molar-refractivity contribution is -0.383. The third-order valence-electron chi connectivity index (χ3n) is 3.10. The third-order valence-corrected chi connectivity index (χ3v) is 3.66. The summed E-state index contributed by atoms with van der Waals surface area (Å²) < 4.78 is 0. The third kappa shape index (κ3) is 3.93. The van der Waals surface area contributed by atoms with E-state index in [0.29, 0.717) is 21.6 Å². The van der Waals surface area contributed by atoms with Crippen LogP contribution in [0.15, 0.2) is 48.9 Å². The number of nitrogens with one attached hydrogen (secondary N) is 2. The lowest BCUT2D eigenvalue weighted by Crippen LogP contribution is -2.06. The predicted octanol–water partition coefficient (Wildman–Crippen LogP) is 4.57. The molecule has 3 rings (SSSR count). The van der Waals surface area contributed by atoms with Crippen molar-refractivity contribution in [2.24, 2.45) is 0 Å². The number of hydrogen-bond acceptors (Lipinski definition) is 7. The topological polar surface area (TPSA) is 106 Å². The molecule has 10 heteroatoms. The van der Waals surface area contributed by atoms with Crippen molar-refractivity contribution >= 4 is 52.0 Å². The van der Waals surface area contributed by atoms with Gasteiger partial charge in [0.15, 0.2) is 0 Å². The van der Waals surface area contributed by atoms with Gasteiger partial charge in [-0.1, -0.05) is 29.3 Å². The Morgan fingerprint density at radius 2 is 1.76 bits per heavy atom. The Hall–Kier alpha value is -2.97. The first-order valence-corrected chi connectivity index (χ1v) is 7.69. The van der Waals surface area contributed by atoms with E-state index < -0.39 is 4.92 Å². The Bertz CT molecular complexity index is 923. The summed E-state index contributed by atoms with van der Waals surface area (Å²) in [5.74, 6) is 0.387. The molecule has 0 radical (unpaired) electrons. The Morgan fingerprint density at radius 1 is 1.00 bits per heavy atom. The van der Waals surface area contributed by atoms with Crippen molar-refractivity contribution in [3.63, 3.8) is 0 Å². The number of nitro groups is 1. The minimum absolute atomic E-state index is 0.000601. The van der Waals surface area contributed by atoms with E-state index in [9.17, 15) is 10.1 Å². The number of rotatable bonds is 5. The molecule has 0 amide bonds. The van der Waals surface area contributed by atoms with Crippen LogP contribution in [-0.2, 0) is 0 Å². The number of anilines is 4. The average molecular weight is 377 g/mol. The van der Waals surface area contributed by atoms with Gasteiger partial charge in [0, 0.05) is 11.2 Å². The number of aromatic nitrogens is 3. The molecule has 2 N–H and O–H groups in total. The van der Waals surface area contributed by atoms with Crippen molar-refractivity contribution in [3.8, 4) is 0 Å². The largest absolute Gasteiger partial charge is 0.353 e. The lowest BCUT2D eigenvalue weighted by atomic mass is 10.3. The van der Waals surface area contributed by atoms with Gasteiger partial charge in [0.2, 0.25) is 11.6 Å². The summed E-state index contributed by atoms with van der Waals surface area (Å²) in [6, 6.07) is 9.86. The lowest BCUT2D eigenvalue weighted by Gasteiger charge is -2.11. The van der Waals surface area contributed by atoms with E-state index in [1.165, 1.54) is 6.33 Å². The maximum absolute atomic E-state index is 11.5. The molecule has 0 unspecified atom stereocenters. The van der Waals surface area contributed by atoms with Crippen LogP contribution in [0.2, 0.25) is 10.0 Å². The Labute approximate surface area is 152 Å². The Balaban J connectivity index is 2.01. The zero-order valence-corrected chi connectivity index (χ0v) is 14.0. The molecular weight excluding hydrogens is 367 g/mol. The zero-order chi connectivity index (χ0) is 17.8. The van der Waals surface area contributed by atoms with Crippen LogP contribution in [0.5, 0.6) is 0 Å². The molecule has 0 atom stereocenters. The van der Waals surface area contributed by atoms with Gasteiger partial charge in [-0.05, 0) is 30.3 Å². The van der Waals surface area contributed by atoms with Crippen LogP contribution in [0.1, 0.15) is 0 Å². The fourth-order valence-electron chi connectivity index (χ4n) is 2.01. The molecule has 3 aromatic rings. The number of halogens is 2. The van der Waals surface area contributed by atoms with Crippen molar-refractivity contribution < 1.29 is 4.92 Å². The second-order valence-corrected chi connectivity index (χ2v) is 5.61. The first-order chi connectivity index (χ1) is 12.0. The van der Waals surface area contributed by atoms with Crippen LogP contribution in [0.4, 0.5) is 28.8 Å². The second kappa shape index (κ2) is 7.29. The summed E-state index contributed by atoms with van der Waals surface area (Å²) >= 11 is 12.0. The first-order valence-electron chi connectivity index (χ1n) is 6.94. The van der Waals surface area contributed by atoms with Gasteiger partial charge < -0.3 is 10.6 Å². The van der Waals surface area contributed by atoms with Crippen LogP contribution >= 0.6 is 23.2 Å².